The molecular formula is C30H30F3N7O3. The molecule has 1 fully saturated rings. The standard InChI is InChI=1S/C30H30F3N7O3/c1-3-24(41)39-13-5-6-21(16-39)40-28-25(27(34)36-17-37-28)26(38-40)19-9-7-18(8-10-19)15-35-29(42)20-11-12-23(43-4-2)22(14-20)30(31,32)33/h3,7-12,14,17,21H,1,4-6,13,15-16H2,2H3,(H,35,42)(H2,34,36,37)/t21-/m1/s1. The highest BCUT2D eigenvalue weighted by Gasteiger charge is 2.35. The topological polar surface area (TPSA) is 128 Å². The second-order valence-electron chi connectivity index (χ2n) is 10.1. The Morgan fingerprint density at radius 1 is 1.19 bits per heavy atom. The molecular weight excluding hydrogens is 563 g/mol. The number of hydrogen-bond donors (Lipinski definition) is 2. The first-order valence-corrected chi connectivity index (χ1v) is 13.7. The third kappa shape index (κ3) is 6.15. The number of carbonyl (C=O) groups is 2. The lowest BCUT2D eigenvalue weighted by molar-refractivity contribution is -0.139. The van der Waals surface area contributed by atoms with Crippen LogP contribution in [0.15, 0.2) is 61.4 Å². The first kappa shape index (κ1) is 29.5. The van der Waals surface area contributed by atoms with Crippen LogP contribution in [-0.4, -0.2) is 56.2 Å². The van der Waals surface area contributed by atoms with Crippen LogP contribution in [0.4, 0.5) is 19.0 Å². The molecule has 1 aliphatic rings. The second kappa shape index (κ2) is 12.1. The van der Waals surface area contributed by atoms with Crippen molar-refractivity contribution >= 4 is 28.7 Å². The van der Waals surface area contributed by atoms with Crippen LogP contribution >= 0.6 is 0 Å². The Morgan fingerprint density at radius 2 is 1.95 bits per heavy atom. The maximum absolute atomic E-state index is 13.5. The molecule has 5 rings (SSSR count). The Kier molecular flexibility index (Phi) is 8.33. The summed E-state index contributed by atoms with van der Waals surface area (Å²) in [6.07, 6.45) is -0.379. The molecule has 2 aromatic heterocycles. The molecule has 2 amide bonds. The number of hydrogen-bond acceptors (Lipinski definition) is 7. The van der Waals surface area contributed by atoms with Crippen molar-refractivity contribution in [2.75, 3.05) is 25.4 Å². The van der Waals surface area contributed by atoms with Gasteiger partial charge in [-0.1, -0.05) is 30.8 Å². The van der Waals surface area contributed by atoms with Crippen LogP contribution in [0.25, 0.3) is 22.3 Å². The van der Waals surface area contributed by atoms with Crippen molar-refractivity contribution in [1.29, 1.82) is 0 Å². The van der Waals surface area contributed by atoms with Crippen LogP contribution in [0, 0.1) is 0 Å². The number of alkyl halides is 3. The van der Waals surface area contributed by atoms with Gasteiger partial charge >= 0.3 is 6.18 Å². The van der Waals surface area contributed by atoms with E-state index in [1.807, 2.05) is 12.1 Å². The van der Waals surface area contributed by atoms with Gasteiger partial charge in [0.15, 0.2) is 5.65 Å². The van der Waals surface area contributed by atoms with E-state index < -0.39 is 17.6 Å². The van der Waals surface area contributed by atoms with Crippen LogP contribution in [-0.2, 0) is 17.5 Å². The fourth-order valence-electron chi connectivity index (χ4n) is 5.17. The Hall–Kier alpha value is -4.94. The summed E-state index contributed by atoms with van der Waals surface area (Å²) in [5.74, 6) is -0.842. The van der Waals surface area contributed by atoms with E-state index in [4.69, 9.17) is 15.6 Å². The summed E-state index contributed by atoms with van der Waals surface area (Å²) < 4.78 is 47.3. The smallest absolute Gasteiger partial charge is 0.419 e. The minimum absolute atomic E-state index is 0.0657. The van der Waals surface area contributed by atoms with Gasteiger partial charge in [0, 0.05) is 30.8 Å². The first-order chi connectivity index (χ1) is 20.6. The first-order valence-electron chi connectivity index (χ1n) is 13.7. The minimum atomic E-state index is -4.67. The Labute approximate surface area is 245 Å². The number of aromatic nitrogens is 4. The quantitative estimate of drug-likeness (QED) is 0.282. The zero-order valence-electron chi connectivity index (χ0n) is 23.4. The number of nitrogens with one attached hydrogen (secondary N) is 1. The molecule has 0 bridgehead atoms. The van der Waals surface area contributed by atoms with Crippen LogP contribution in [0.5, 0.6) is 5.75 Å². The van der Waals surface area contributed by atoms with Crippen LogP contribution in [0.1, 0.15) is 47.3 Å². The van der Waals surface area contributed by atoms with Gasteiger partial charge in [-0.15, -0.1) is 0 Å². The van der Waals surface area contributed by atoms with E-state index in [2.05, 4.69) is 21.9 Å². The number of carbonyl (C=O) groups excluding carboxylic acids is 2. The van der Waals surface area contributed by atoms with Gasteiger partial charge in [-0.05, 0) is 49.6 Å². The van der Waals surface area contributed by atoms with Crippen LogP contribution < -0.4 is 15.8 Å². The molecule has 4 aromatic rings. The van der Waals surface area contributed by atoms with Gasteiger partial charge in [0.2, 0.25) is 5.91 Å². The maximum Gasteiger partial charge on any atom is 0.419 e. The molecule has 0 aliphatic carbocycles. The molecule has 43 heavy (non-hydrogen) atoms. The number of likely N-dealkylation sites (tertiary alicyclic amines) is 1. The fourth-order valence-corrected chi connectivity index (χ4v) is 5.17. The lowest BCUT2D eigenvalue weighted by Crippen LogP contribution is -2.40. The number of nitrogens with zero attached hydrogens (tertiary/aromatic N) is 5. The minimum Gasteiger partial charge on any atom is -0.493 e. The normalized spacial score (nSPS) is 15.3. The Balaban J connectivity index is 1.35. The molecule has 3 N–H and O–H groups in total. The van der Waals surface area contributed by atoms with Crippen molar-refractivity contribution in [2.45, 2.75) is 38.5 Å². The molecule has 3 heterocycles. The predicted octanol–water partition coefficient (Wildman–Crippen LogP) is 4.77. The zero-order chi connectivity index (χ0) is 30.7. The lowest BCUT2D eigenvalue weighted by Gasteiger charge is -2.32. The van der Waals surface area contributed by atoms with Gasteiger partial charge in [0.05, 0.1) is 23.6 Å². The highest BCUT2D eigenvalue weighted by molar-refractivity contribution is 5.98. The van der Waals surface area contributed by atoms with Crippen molar-refractivity contribution < 1.29 is 27.5 Å². The largest absolute Gasteiger partial charge is 0.493 e. The van der Waals surface area contributed by atoms with E-state index in [1.165, 1.54) is 18.5 Å². The molecule has 0 radical (unpaired) electrons. The van der Waals surface area contributed by atoms with E-state index in [1.54, 1.807) is 28.6 Å². The number of benzene rings is 2. The van der Waals surface area contributed by atoms with E-state index in [0.29, 0.717) is 29.8 Å². The molecule has 0 unspecified atom stereocenters. The van der Waals surface area contributed by atoms with Gasteiger partial charge < -0.3 is 20.7 Å². The van der Waals surface area contributed by atoms with Gasteiger partial charge in [-0.2, -0.15) is 18.3 Å². The number of halogens is 3. The molecule has 1 saturated heterocycles. The number of piperidine rings is 1. The molecule has 10 nitrogen and oxygen atoms in total. The van der Waals surface area contributed by atoms with Crippen molar-refractivity contribution in [3.8, 4) is 17.0 Å². The summed E-state index contributed by atoms with van der Waals surface area (Å²) in [7, 11) is 0. The summed E-state index contributed by atoms with van der Waals surface area (Å²) >= 11 is 0. The summed E-state index contributed by atoms with van der Waals surface area (Å²) in [5.41, 5.74) is 7.71. The number of nitrogen functional groups attached to an aromatic ring is 1. The number of ether oxygens (including phenoxy) is 1. The molecule has 13 heteroatoms. The number of fused-ring (bicyclic) bond motifs is 1. The van der Waals surface area contributed by atoms with Crippen LogP contribution in [0.3, 0.4) is 0 Å². The Morgan fingerprint density at radius 3 is 2.65 bits per heavy atom. The third-order valence-corrected chi connectivity index (χ3v) is 7.27. The molecule has 0 saturated carbocycles. The molecule has 2 aromatic carbocycles. The van der Waals surface area contributed by atoms with Crippen molar-refractivity contribution in [3.05, 3.63) is 78.1 Å². The molecule has 224 valence electrons. The third-order valence-electron chi connectivity index (χ3n) is 7.27. The SMILES string of the molecule is C=CC(=O)N1CCC[C@@H](n2nc(-c3ccc(CNC(=O)c4ccc(OCC)c(C(F)(F)F)c4)cc3)c3c(N)ncnc32)C1. The van der Waals surface area contributed by atoms with E-state index in [-0.39, 0.29) is 42.2 Å². The lowest BCUT2D eigenvalue weighted by atomic mass is 10.1. The average Bonchev–Trinajstić information content (AvgIpc) is 3.40. The molecule has 1 atom stereocenters. The highest BCUT2D eigenvalue weighted by atomic mass is 19.4. The summed E-state index contributed by atoms with van der Waals surface area (Å²) in [6.45, 7) is 6.43. The fraction of sp³-hybridized carbons (Fsp3) is 0.300. The van der Waals surface area contributed by atoms with E-state index in [0.717, 1.165) is 36.1 Å². The Bertz CT molecular complexity index is 1670. The van der Waals surface area contributed by atoms with E-state index >= 15 is 0 Å². The maximum atomic E-state index is 13.5. The number of amides is 2. The van der Waals surface area contributed by atoms with Gasteiger partial charge in [0.1, 0.15) is 23.6 Å². The summed E-state index contributed by atoms with van der Waals surface area (Å²) in [6, 6.07) is 10.3. The molecule has 0 spiro atoms. The van der Waals surface area contributed by atoms with Crippen molar-refractivity contribution in [2.24, 2.45) is 0 Å². The zero-order valence-corrected chi connectivity index (χ0v) is 23.4. The second-order valence-corrected chi connectivity index (χ2v) is 10.1. The highest BCUT2D eigenvalue weighted by Crippen LogP contribution is 2.37. The summed E-state index contributed by atoms with van der Waals surface area (Å²) in [5, 5.41) is 8.11. The van der Waals surface area contributed by atoms with Crippen molar-refractivity contribution in [1.82, 2.24) is 30.0 Å². The predicted molar refractivity (Wildman–Crippen MR) is 154 cm³/mol. The monoisotopic (exact) mass is 593 g/mol. The van der Waals surface area contributed by atoms with Crippen LogP contribution in [0.2, 0.25) is 0 Å². The van der Waals surface area contributed by atoms with Gasteiger partial charge in [-0.25, -0.2) is 14.6 Å². The van der Waals surface area contributed by atoms with Gasteiger partial charge in [0.25, 0.3) is 5.91 Å². The average molecular weight is 594 g/mol. The van der Waals surface area contributed by atoms with Crippen molar-refractivity contribution in [3.63, 3.8) is 0 Å². The number of rotatable bonds is 8. The van der Waals surface area contributed by atoms with E-state index in [9.17, 15) is 22.8 Å². The summed E-state index contributed by atoms with van der Waals surface area (Å²) in [4.78, 5) is 35.3. The number of anilines is 1. The molecule has 1 aliphatic heterocycles. The van der Waals surface area contributed by atoms with Gasteiger partial charge in [-0.3, -0.25) is 9.59 Å². The number of nitrogens with two attached hydrogens (primary N) is 1.